The third-order valence-electron chi connectivity index (χ3n) is 3.03. The molecule has 1 saturated carbocycles. The number of hydrogen-bond donors (Lipinski definition) is 2. The Morgan fingerprint density at radius 1 is 1.19 bits per heavy atom. The van der Waals surface area contributed by atoms with Gasteiger partial charge in [-0.05, 0) is 30.5 Å². The summed E-state index contributed by atoms with van der Waals surface area (Å²) in [4.78, 5) is 0. The van der Waals surface area contributed by atoms with Crippen molar-refractivity contribution in [1.82, 2.24) is 0 Å². The first-order valence-corrected chi connectivity index (χ1v) is 4.88. The predicted molar refractivity (Wildman–Crippen MR) is 54.3 cm³/mol. The van der Waals surface area contributed by atoms with Crippen LogP contribution in [0.2, 0.25) is 0 Å². The van der Waals surface area contributed by atoms with Crippen LogP contribution >= 0.6 is 0 Å². The van der Waals surface area contributed by atoms with E-state index in [-0.39, 0.29) is 5.84 Å². The lowest BCUT2D eigenvalue weighted by molar-refractivity contribution is -0.137. The number of rotatable bonds is 2. The minimum Gasteiger partial charge on any atom is -0.387 e. The molecule has 86 valence electrons. The molecule has 0 heterocycles. The molecule has 1 fully saturated rings. The van der Waals surface area contributed by atoms with Crippen molar-refractivity contribution in [1.29, 1.82) is 5.41 Å². The van der Waals surface area contributed by atoms with Crippen molar-refractivity contribution in [3.8, 4) is 0 Å². The maximum absolute atomic E-state index is 12.3. The molecule has 2 nitrogen and oxygen atoms in total. The molecule has 2 rings (SSSR count). The number of halogens is 3. The fourth-order valence-electron chi connectivity index (χ4n) is 1.82. The lowest BCUT2D eigenvalue weighted by Gasteiger charge is -2.14. The molecule has 1 aromatic rings. The largest absolute Gasteiger partial charge is 0.416 e. The van der Waals surface area contributed by atoms with Gasteiger partial charge in [0.2, 0.25) is 0 Å². The lowest BCUT2D eigenvalue weighted by atomic mass is 9.94. The number of hydrogen-bond acceptors (Lipinski definition) is 1. The van der Waals surface area contributed by atoms with Crippen LogP contribution in [0.4, 0.5) is 13.2 Å². The maximum atomic E-state index is 12.3. The summed E-state index contributed by atoms with van der Waals surface area (Å²) >= 11 is 0. The third kappa shape index (κ3) is 1.66. The van der Waals surface area contributed by atoms with E-state index in [1.165, 1.54) is 12.1 Å². The summed E-state index contributed by atoms with van der Waals surface area (Å²) in [5.74, 6) is 0.0345. The molecule has 0 aromatic heterocycles. The van der Waals surface area contributed by atoms with Crippen LogP contribution in [0.25, 0.3) is 0 Å². The average molecular weight is 228 g/mol. The molecule has 0 bridgehead atoms. The number of alkyl halides is 3. The van der Waals surface area contributed by atoms with Gasteiger partial charge in [0.1, 0.15) is 5.84 Å². The van der Waals surface area contributed by atoms with Gasteiger partial charge in [-0.1, -0.05) is 12.1 Å². The topological polar surface area (TPSA) is 49.9 Å². The second-order valence-electron chi connectivity index (χ2n) is 4.07. The van der Waals surface area contributed by atoms with Crippen LogP contribution in [0.15, 0.2) is 24.3 Å². The Morgan fingerprint density at radius 2 is 1.69 bits per heavy atom. The van der Waals surface area contributed by atoms with Crippen LogP contribution in [-0.2, 0) is 11.6 Å². The van der Waals surface area contributed by atoms with Gasteiger partial charge in [0.05, 0.1) is 11.0 Å². The molecule has 0 amide bonds. The quantitative estimate of drug-likeness (QED) is 0.593. The van der Waals surface area contributed by atoms with Crippen LogP contribution in [0.1, 0.15) is 24.0 Å². The summed E-state index contributed by atoms with van der Waals surface area (Å²) in [5, 5.41) is 7.43. The van der Waals surface area contributed by atoms with E-state index in [0.717, 1.165) is 25.0 Å². The lowest BCUT2D eigenvalue weighted by Crippen LogP contribution is -2.27. The van der Waals surface area contributed by atoms with Crippen LogP contribution in [0.5, 0.6) is 0 Å². The highest BCUT2D eigenvalue weighted by atomic mass is 19.4. The predicted octanol–water partition coefficient (Wildman–Crippen LogP) is 2.67. The summed E-state index contributed by atoms with van der Waals surface area (Å²) in [6, 6.07) is 4.91. The first-order valence-electron chi connectivity index (χ1n) is 4.88. The molecule has 0 atom stereocenters. The maximum Gasteiger partial charge on any atom is 0.416 e. The van der Waals surface area contributed by atoms with Gasteiger partial charge in [-0.25, -0.2) is 0 Å². The van der Waals surface area contributed by atoms with E-state index in [1.54, 1.807) is 0 Å². The summed E-state index contributed by atoms with van der Waals surface area (Å²) < 4.78 is 37.0. The SMILES string of the molecule is N=C(N)C1(c2ccc(C(F)(F)F)cc2)CC1. The highest BCUT2D eigenvalue weighted by molar-refractivity contribution is 5.92. The van der Waals surface area contributed by atoms with Gasteiger partial charge in [-0.15, -0.1) is 0 Å². The Hall–Kier alpha value is -1.52. The Kier molecular flexibility index (Phi) is 2.22. The summed E-state index contributed by atoms with van der Waals surface area (Å²) in [5.41, 5.74) is 4.98. The molecule has 0 unspecified atom stereocenters. The van der Waals surface area contributed by atoms with E-state index in [1.807, 2.05) is 0 Å². The normalized spacial score (nSPS) is 18.2. The van der Waals surface area contributed by atoms with Gasteiger partial charge >= 0.3 is 6.18 Å². The van der Waals surface area contributed by atoms with Crippen molar-refractivity contribution in [2.24, 2.45) is 5.73 Å². The van der Waals surface area contributed by atoms with E-state index < -0.39 is 17.2 Å². The number of nitrogens with two attached hydrogens (primary N) is 1. The van der Waals surface area contributed by atoms with Crippen molar-refractivity contribution in [2.75, 3.05) is 0 Å². The van der Waals surface area contributed by atoms with Gasteiger partial charge in [-0.3, -0.25) is 5.41 Å². The molecule has 0 aliphatic heterocycles. The van der Waals surface area contributed by atoms with E-state index in [9.17, 15) is 13.2 Å². The minimum atomic E-state index is -4.31. The molecule has 1 aliphatic rings. The molecular formula is C11H11F3N2. The fraction of sp³-hybridized carbons (Fsp3) is 0.364. The van der Waals surface area contributed by atoms with Crippen molar-refractivity contribution in [3.63, 3.8) is 0 Å². The number of nitrogens with one attached hydrogen (secondary N) is 1. The highest BCUT2D eigenvalue weighted by Crippen LogP contribution is 2.48. The summed E-state index contributed by atoms with van der Waals surface area (Å²) in [6.45, 7) is 0. The van der Waals surface area contributed by atoms with E-state index in [0.29, 0.717) is 5.56 Å². The Bertz CT molecular complexity index is 416. The molecule has 1 aliphatic carbocycles. The van der Waals surface area contributed by atoms with Crippen molar-refractivity contribution < 1.29 is 13.2 Å². The molecule has 0 spiro atoms. The molecular weight excluding hydrogens is 217 g/mol. The van der Waals surface area contributed by atoms with Gasteiger partial charge in [-0.2, -0.15) is 13.2 Å². The van der Waals surface area contributed by atoms with Crippen LogP contribution in [0.3, 0.4) is 0 Å². The number of benzene rings is 1. The number of amidine groups is 1. The minimum absolute atomic E-state index is 0.0345. The van der Waals surface area contributed by atoms with Gasteiger partial charge in [0.15, 0.2) is 0 Å². The highest BCUT2D eigenvalue weighted by Gasteiger charge is 2.47. The van der Waals surface area contributed by atoms with E-state index >= 15 is 0 Å². The average Bonchev–Trinajstić information content (AvgIpc) is 2.97. The first-order chi connectivity index (χ1) is 7.36. The molecule has 16 heavy (non-hydrogen) atoms. The molecule has 0 saturated heterocycles. The van der Waals surface area contributed by atoms with Crippen LogP contribution < -0.4 is 5.73 Å². The smallest absolute Gasteiger partial charge is 0.387 e. The Balaban J connectivity index is 2.31. The summed E-state index contributed by atoms with van der Waals surface area (Å²) in [7, 11) is 0. The Morgan fingerprint density at radius 3 is 2.00 bits per heavy atom. The molecule has 1 aromatic carbocycles. The van der Waals surface area contributed by atoms with Gasteiger partial charge < -0.3 is 5.73 Å². The molecule has 5 heteroatoms. The standard InChI is InChI=1S/C11H11F3N2/c12-11(13,14)8-3-1-7(2-4-8)10(5-6-10)9(15)16/h1-4H,5-6H2,(H3,15,16). The van der Waals surface area contributed by atoms with Crippen molar-refractivity contribution in [2.45, 2.75) is 24.4 Å². The fourth-order valence-corrected chi connectivity index (χ4v) is 1.82. The Labute approximate surface area is 90.8 Å². The zero-order chi connectivity index (χ0) is 12.0. The third-order valence-corrected chi connectivity index (χ3v) is 3.03. The molecule has 0 radical (unpaired) electrons. The van der Waals surface area contributed by atoms with E-state index in [2.05, 4.69) is 0 Å². The zero-order valence-electron chi connectivity index (χ0n) is 8.43. The monoisotopic (exact) mass is 228 g/mol. The van der Waals surface area contributed by atoms with E-state index in [4.69, 9.17) is 11.1 Å². The second-order valence-corrected chi connectivity index (χ2v) is 4.07. The van der Waals surface area contributed by atoms with Crippen LogP contribution in [0, 0.1) is 5.41 Å². The first kappa shape index (κ1) is 11.0. The van der Waals surface area contributed by atoms with Crippen molar-refractivity contribution in [3.05, 3.63) is 35.4 Å². The zero-order valence-corrected chi connectivity index (χ0v) is 8.43. The molecule has 3 N–H and O–H groups in total. The van der Waals surface area contributed by atoms with Crippen LogP contribution in [-0.4, -0.2) is 5.84 Å². The summed E-state index contributed by atoms with van der Waals surface area (Å²) in [6.07, 6.45) is -2.83. The second kappa shape index (κ2) is 3.23. The van der Waals surface area contributed by atoms with Gasteiger partial charge in [0, 0.05) is 0 Å². The van der Waals surface area contributed by atoms with Crippen molar-refractivity contribution >= 4 is 5.84 Å². The van der Waals surface area contributed by atoms with Gasteiger partial charge in [0.25, 0.3) is 0 Å².